The number of aryl methyl sites for hydroxylation is 1. The first-order chi connectivity index (χ1) is 13.2. The van der Waals surface area contributed by atoms with E-state index >= 15 is 0 Å². The van der Waals surface area contributed by atoms with Crippen molar-refractivity contribution in [2.24, 2.45) is 0 Å². The van der Waals surface area contributed by atoms with E-state index in [1.165, 1.54) is 18.5 Å². The SMILES string of the molecule is Cl.Nc1ncc(-c2cc3n(n2)CCC32CCNC2)cc1OCc1ccccc1. The molecule has 2 aliphatic rings. The third-order valence-electron chi connectivity index (χ3n) is 5.78. The van der Waals surface area contributed by atoms with Gasteiger partial charge in [-0.05, 0) is 37.1 Å². The summed E-state index contributed by atoms with van der Waals surface area (Å²) < 4.78 is 8.08. The number of hydrogen-bond acceptors (Lipinski definition) is 5. The number of aromatic nitrogens is 3. The molecule has 1 unspecified atom stereocenters. The van der Waals surface area contributed by atoms with Crippen LogP contribution >= 0.6 is 12.4 Å². The maximum Gasteiger partial charge on any atom is 0.166 e. The zero-order valence-corrected chi connectivity index (χ0v) is 16.4. The number of pyridine rings is 1. The van der Waals surface area contributed by atoms with Crippen LogP contribution in [0.1, 0.15) is 24.1 Å². The van der Waals surface area contributed by atoms with Crippen LogP contribution < -0.4 is 15.8 Å². The van der Waals surface area contributed by atoms with Crippen molar-refractivity contribution in [3.63, 3.8) is 0 Å². The average Bonchev–Trinajstić information content (AvgIpc) is 3.41. The van der Waals surface area contributed by atoms with Crippen molar-refractivity contribution in [1.29, 1.82) is 0 Å². The molecule has 6 nitrogen and oxygen atoms in total. The molecule has 3 N–H and O–H groups in total. The highest BCUT2D eigenvalue weighted by molar-refractivity contribution is 5.85. The molecule has 0 amide bonds. The first-order valence-electron chi connectivity index (χ1n) is 9.45. The Morgan fingerprint density at radius 1 is 1.18 bits per heavy atom. The molecule has 1 fully saturated rings. The van der Waals surface area contributed by atoms with Crippen LogP contribution in [0.25, 0.3) is 11.3 Å². The van der Waals surface area contributed by atoms with Crippen LogP contribution in [0.5, 0.6) is 5.75 Å². The number of nitrogens with two attached hydrogens (primary N) is 1. The quantitative estimate of drug-likeness (QED) is 0.707. The molecule has 0 radical (unpaired) electrons. The Morgan fingerprint density at radius 2 is 2.04 bits per heavy atom. The summed E-state index contributed by atoms with van der Waals surface area (Å²) in [7, 11) is 0. The minimum atomic E-state index is 0. The Balaban J connectivity index is 0.00000192. The third kappa shape index (κ3) is 3.23. The number of benzene rings is 1. The standard InChI is InChI=1S/C21H23N5O.ClH/c22-20-18(27-13-15-4-2-1-3-5-15)10-16(12-24-20)17-11-19-21(6-8-23-14-21)7-9-26(19)25-17;/h1-5,10-12,23H,6-9,13-14H2,(H2,22,24);1H. The van der Waals surface area contributed by atoms with E-state index in [1.807, 2.05) is 36.4 Å². The van der Waals surface area contributed by atoms with E-state index < -0.39 is 0 Å². The average molecular weight is 398 g/mol. The number of anilines is 1. The van der Waals surface area contributed by atoms with Gasteiger partial charge in [0.25, 0.3) is 0 Å². The van der Waals surface area contributed by atoms with Crippen LogP contribution in [0.2, 0.25) is 0 Å². The third-order valence-corrected chi connectivity index (χ3v) is 5.78. The Labute approximate surface area is 170 Å². The van der Waals surface area contributed by atoms with Crippen LogP contribution in [-0.4, -0.2) is 27.9 Å². The van der Waals surface area contributed by atoms with Crippen molar-refractivity contribution in [3.8, 4) is 17.0 Å². The van der Waals surface area contributed by atoms with Crippen molar-refractivity contribution < 1.29 is 4.74 Å². The fraction of sp³-hybridized carbons (Fsp3) is 0.333. The van der Waals surface area contributed by atoms with Crippen LogP contribution in [0.15, 0.2) is 48.7 Å². The molecule has 0 bridgehead atoms. The van der Waals surface area contributed by atoms with Crippen LogP contribution in [0.3, 0.4) is 0 Å². The monoisotopic (exact) mass is 397 g/mol. The van der Waals surface area contributed by atoms with Gasteiger partial charge in [0.15, 0.2) is 11.6 Å². The Bertz CT molecular complexity index is 966. The predicted octanol–water partition coefficient (Wildman–Crippen LogP) is 3.16. The van der Waals surface area contributed by atoms with E-state index in [-0.39, 0.29) is 17.8 Å². The molecule has 7 heteroatoms. The molecule has 4 heterocycles. The predicted molar refractivity (Wildman–Crippen MR) is 112 cm³/mol. The summed E-state index contributed by atoms with van der Waals surface area (Å²) in [5, 5.41) is 8.33. The fourth-order valence-electron chi connectivity index (χ4n) is 4.23. The van der Waals surface area contributed by atoms with E-state index in [1.54, 1.807) is 6.20 Å². The summed E-state index contributed by atoms with van der Waals surface area (Å²) in [5.41, 5.74) is 10.6. The highest BCUT2D eigenvalue weighted by Crippen LogP contribution is 2.41. The highest BCUT2D eigenvalue weighted by Gasteiger charge is 2.42. The number of nitrogens with one attached hydrogen (secondary N) is 1. The Morgan fingerprint density at radius 3 is 2.82 bits per heavy atom. The second kappa shape index (κ2) is 7.45. The van der Waals surface area contributed by atoms with E-state index in [0.717, 1.165) is 36.5 Å². The zero-order valence-electron chi connectivity index (χ0n) is 15.6. The molecule has 1 atom stereocenters. The van der Waals surface area contributed by atoms with Gasteiger partial charge in [-0.1, -0.05) is 30.3 Å². The largest absolute Gasteiger partial charge is 0.485 e. The Kier molecular flexibility index (Phi) is 5.00. The molecule has 1 spiro atoms. The molecular formula is C21H24ClN5O. The molecule has 5 rings (SSSR count). The molecule has 0 saturated carbocycles. The number of hydrogen-bond donors (Lipinski definition) is 2. The zero-order chi connectivity index (χ0) is 18.3. The van der Waals surface area contributed by atoms with Crippen molar-refractivity contribution >= 4 is 18.2 Å². The van der Waals surface area contributed by atoms with E-state index in [4.69, 9.17) is 15.6 Å². The molecule has 2 aliphatic heterocycles. The second-order valence-corrected chi connectivity index (χ2v) is 7.48. The van der Waals surface area contributed by atoms with Gasteiger partial charge in [0.2, 0.25) is 0 Å². The molecule has 3 aromatic rings. The van der Waals surface area contributed by atoms with Gasteiger partial charge in [-0.2, -0.15) is 5.10 Å². The second-order valence-electron chi connectivity index (χ2n) is 7.48. The number of halogens is 1. The lowest BCUT2D eigenvalue weighted by atomic mass is 9.82. The summed E-state index contributed by atoms with van der Waals surface area (Å²) in [6.07, 6.45) is 4.14. The van der Waals surface area contributed by atoms with Crippen molar-refractivity contribution in [2.75, 3.05) is 18.8 Å². The van der Waals surface area contributed by atoms with Crippen molar-refractivity contribution in [3.05, 3.63) is 59.9 Å². The maximum atomic E-state index is 6.03. The van der Waals surface area contributed by atoms with E-state index in [0.29, 0.717) is 18.2 Å². The summed E-state index contributed by atoms with van der Waals surface area (Å²) in [6, 6.07) is 14.2. The summed E-state index contributed by atoms with van der Waals surface area (Å²) in [4.78, 5) is 4.33. The van der Waals surface area contributed by atoms with Crippen LogP contribution in [0, 0.1) is 0 Å². The van der Waals surface area contributed by atoms with E-state index in [9.17, 15) is 0 Å². The number of ether oxygens (including phenoxy) is 1. The summed E-state index contributed by atoms with van der Waals surface area (Å²) in [6.45, 7) is 3.58. The van der Waals surface area contributed by atoms with Gasteiger partial charge in [0, 0.05) is 36.0 Å². The van der Waals surface area contributed by atoms with Gasteiger partial charge < -0.3 is 15.8 Å². The molecular weight excluding hydrogens is 374 g/mol. The van der Waals surface area contributed by atoms with Gasteiger partial charge in [-0.3, -0.25) is 4.68 Å². The minimum absolute atomic E-state index is 0. The van der Waals surface area contributed by atoms with Crippen LogP contribution in [0.4, 0.5) is 5.82 Å². The molecule has 1 saturated heterocycles. The summed E-state index contributed by atoms with van der Waals surface area (Å²) >= 11 is 0. The van der Waals surface area contributed by atoms with Gasteiger partial charge in [0.05, 0.1) is 5.69 Å². The number of fused-ring (bicyclic) bond motifs is 2. The lowest BCUT2D eigenvalue weighted by Gasteiger charge is -2.20. The fourth-order valence-corrected chi connectivity index (χ4v) is 4.23. The normalized spacial score (nSPS) is 20.1. The maximum absolute atomic E-state index is 6.03. The summed E-state index contributed by atoms with van der Waals surface area (Å²) in [5.74, 6) is 1.000. The van der Waals surface area contributed by atoms with E-state index in [2.05, 4.69) is 21.0 Å². The number of rotatable bonds is 4. The smallest absolute Gasteiger partial charge is 0.166 e. The first-order valence-corrected chi connectivity index (χ1v) is 9.45. The molecule has 146 valence electrons. The highest BCUT2D eigenvalue weighted by atomic mass is 35.5. The van der Waals surface area contributed by atoms with Gasteiger partial charge >= 0.3 is 0 Å². The minimum Gasteiger partial charge on any atom is -0.485 e. The molecule has 0 aliphatic carbocycles. The molecule has 2 aromatic heterocycles. The van der Waals surface area contributed by atoms with Gasteiger partial charge in [-0.25, -0.2) is 4.98 Å². The lowest BCUT2D eigenvalue weighted by Crippen LogP contribution is -2.25. The van der Waals surface area contributed by atoms with Crippen LogP contribution in [-0.2, 0) is 18.6 Å². The van der Waals surface area contributed by atoms with Crippen molar-refractivity contribution in [2.45, 2.75) is 31.4 Å². The topological polar surface area (TPSA) is 78.0 Å². The molecule has 28 heavy (non-hydrogen) atoms. The first kappa shape index (κ1) is 18.8. The van der Waals surface area contributed by atoms with Gasteiger partial charge in [-0.15, -0.1) is 12.4 Å². The van der Waals surface area contributed by atoms with Crippen molar-refractivity contribution in [1.82, 2.24) is 20.1 Å². The lowest BCUT2D eigenvalue weighted by molar-refractivity contribution is 0.307. The number of nitrogens with zero attached hydrogens (tertiary/aromatic N) is 3. The molecule has 1 aromatic carbocycles. The number of nitrogen functional groups attached to an aromatic ring is 1. The Hall–Kier alpha value is -2.57. The van der Waals surface area contributed by atoms with Gasteiger partial charge in [0.1, 0.15) is 6.61 Å².